The van der Waals surface area contributed by atoms with E-state index in [-0.39, 0.29) is 154 Å². The van der Waals surface area contributed by atoms with Crippen LogP contribution >= 0.6 is 0 Å². The number of benzene rings is 10. The van der Waals surface area contributed by atoms with Crippen molar-refractivity contribution in [3.8, 4) is 56.5 Å². The molecule has 25 aromatic rings. The van der Waals surface area contributed by atoms with Crippen LogP contribution in [0.25, 0.3) is 166 Å². The SMILES string of the molecule is Cc1cccc(C)c1-c1cnc2c3[c-]cccc3c3cc(CC(C)(C)C)ccc3n12.Cc1nc2c3[c-]cccc3c(C(C)(C)C)cn2c1C.Fc1c[c-]c(-c2ccccn2)c(F)c1.O=c1oc2ccc[c-]c2c2ncccc12.O=c1oc2ccc[c-]c2c2ncccc12.O=c1oc2ccc[c-]c2c2ncccc12.[Ir].[Ir].[Ir].[Ir].[Ir].[Ir].[c-]1ccccc1-c1ccccn1.[c-]1ccccc1-c1ccccn1.c1ccc(-c2nnn[n-]2)nc1. The molecule has 0 fully saturated rings. The summed E-state index contributed by atoms with van der Waals surface area (Å²) in [6.45, 7) is 22.2. The number of rotatable bonds is 6. The van der Waals surface area contributed by atoms with E-state index >= 15 is 0 Å². The Morgan fingerprint density at radius 1 is 0.389 bits per heavy atom. The molecule has 0 amide bonds. The van der Waals surface area contributed by atoms with E-state index in [1.165, 1.54) is 55.2 Å². The van der Waals surface area contributed by atoms with Crippen LogP contribution in [0.5, 0.6) is 0 Å². The fourth-order valence-corrected chi connectivity index (χ4v) is 16.2. The van der Waals surface area contributed by atoms with Crippen LogP contribution in [-0.4, -0.2) is 69.2 Å². The predicted molar refractivity (Wildman–Crippen MR) is 559 cm³/mol. The third-order valence-electron chi connectivity index (χ3n) is 22.9. The van der Waals surface area contributed by atoms with Crippen molar-refractivity contribution in [2.24, 2.45) is 5.41 Å². The Kier molecular flexibility index (Phi) is 41.3. The molecule has 25 rings (SSSR count). The molecule has 15 aromatic heterocycles. The van der Waals surface area contributed by atoms with Gasteiger partial charge in [0.15, 0.2) is 0 Å². The molecule has 0 aliphatic heterocycles. The smallest absolute Gasteiger partial charge is 0.327 e. The van der Waals surface area contributed by atoms with Crippen LogP contribution in [-0.2, 0) is 132 Å². The summed E-state index contributed by atoms with van der Waals surface area (Å²) < 4.78 is 45.8. The second-order valence-corrected chi connectivity index (χ2v) is 35.1. The van der Waals surface area contributed by atoms with Crippen LogP contribution in [0.2, 0.25) is 0 Å². The third kappa shape index (κ3) is 27.8. The molecule has 0 atom stereocenters. The van der Waals surface area contributed by atoms with Crippen molar-refractivity contribution in [3.63, 3.8) is 0 Å². The summed E-state index contributed by atoms with van der Waals surface area (Å²) in [4.78, 5) is 73.2. The molecule has 149 heavy (non-hydrogen) atoms. The second kappa shape index (κ2) is 53.5. The van der Waals surface area contributed by atoms with E-state index < -0.39 is 11.6 Å². The van der Waals surface area contributed by atoms with Gasteiger partial charge in [0.1, 0.15) is 0 Å². The molecule has 0 unspecified atom stereocenters. The van der Waals surface area contributed by atoms with Gasteiger partial charge in [-0.3, -0.25) is 34.0 Å². The third-order valence-corrected chi connectivity index (χ3v) is 22.9. The summed E-state index contributed by atoms with van der Waals surface area (Å²) in [5, 5.41) is 23.6. The monoisotopic (exact) mass is 3030 g/mol. The summed E-state index contributed by atoms with van der Waals surface area (Å²) in [5.74, 6) is -0.823. The molecule has 758 valence electrons. The van der Waals surface area contributed by atoms with Gasteiger partial charge in [0.25, 0.3) is 0 Å². The number of nitrogens with zero attached hydrogens (tertiary/aromatic N) is 15. The first-order chi connectivity index (χ1) is 69.5. The van der Waals surface area contributed by atoms with Gasteiger partial charge in [-0.1, -0.05) is 177 Å². The van der Waals surface area contributed by atoms with E-state index in [9.17, 15) is 23.2 Å². The van der Waals surface area contributed by atoms with E-state index in [4.69, 9.17) is 23.2 Å². The largest absolute Gasteiger partial charge is 0.472 e. The van der Waals surface area contributed by atoms with Crippen molar-refractivity contribution in [2.45, 2.75) is 81.1 Å². The van der Waals surface area contributed by atoms with Gasteiger partial charge in [0.05, 0.1) is 28.5 Å². The van der Waals surface area contributed by atoms with Gasteiger partial charge >= 0.3 is 16.9 Å². The number of hydrogen-bond donors (Lipinski definition) is 0. The summed E-state index contributed by atoms with van der Waals surface area (Å²) in [6.07, 6.45) is 17.1. The average molecular weight is 3030 g/mol. The Bertz CT molecular complexity index is 8500. The van der Waals surface area contributed by atoms with E-state index in [1.807, 2.05) is 115 Å². The fourth-order valence-electron chi connectivity index (χ4n) is 16.2. The van der Waals surface area contributed by atoms with E-state index in [2.05, 4.69) is 249 Å². The average Bonchev–Trinajstić information content (AvgIpc) is 1.60. The van der Waals surface area contributed by atoms with Crippen LogP contribution in [0.15, 0.2) is 381 Å². The first-order valence-electron chi connectivity index (χ1n) is 45.8. The molecule has 15 heterocycles. The molecule has 0 aliphatic rings. The normalized spacial score (nSPS) is 10.6. The first-order valence-corrected chi connectivity index (χ1v) is 45.8. The number of tetrazole rings is 1. The Labute approximate surface area is 938 Å². The first kappa shape index (κ1) is 115. The van der Waals surface area contributed by atoms with Crippen molar-refractivity contribution in [2.75, 3.05) is 0 Å². The van der Waals surface area contributed by atoms with Crippen molar-refractivity contribution >= 4 is 109 Å². The predicted octanol–water partition coefficient (Wildman–Crippen LogP) is 25.7. The number of hydrogen-bond acceptors (Lipinski definition) is 18. The Hall–Kier alpha value is -14.4. The van der Waals surface area contributed by atoms with E-state index in [1.54, 1.807) is 159 Å². The molecule has 21 nitrogen and oxygen atoms in total. The summed E-state index contributed by atoms with van der Waals surface area (Å²) in [7, 11) is 0. The molecule has 6 radical (unpaired) electrons. The number of imidazole rings is 2. The minimum absolute atomic E-state index is 0. The molecular weight excluding hydrogens is 2940 g/mol. The van der Waals surface area contributed by atoms with Crippen molar-refractivity contribution in [3.05, 3.63) is 478 Å². The van der Waals surface area contributed by atoms with Gasteiger partial charge in [-0.15, -0.1) is 216 Å². The number of fused-ring (bicyclic) bond motifs is 18. The molecule has 0 bridgehead atoms. The van der Waals surface area contributed by atoms with Crippen LogP contribution < -0.4 is 22.0 Å². The summed E-state index contributed by atoms with van der Waals surface area (Å²) in [6, 6.07) is 117. The minimum Gasteiger partial charge on any atom is -0.472 e. The van der Waals surface area contributed by atoms with Crippen LogP contribution in [0.4, 0.5) is 8.78 Å². The summed E-state index contributed by atoms with van der Waals surface area (Å²) in [5.41, 5.74) is 21.3. The molecule has 0 saturated heterocycles. The maximum absolute atomic E-state index is 13.2. The van der Waals surface area contributed by atoms with Crippen molar-refractivity contribution < 1.29 is 143 Å². The van der Waals surface area contributed by atoms with Crippen LogP contribution in [0, 0.1) is 93.3 Å². The number of aryl methyl sites for hydroxylation is 4. The molecule has 0 aliphatic carbocycles. The second-order valence-electron chi connectivity index (χ2n) is 35.1. The molecular formula is C120H90F2Ir6N15O6-9. The zero-order chi connectivity index (χ0) is 99.5. The van der Waals surface area contributed by atoms with Gasteiger partial charge in [-0.05, 0) is 145 Å². The van der Waals surface area contributed by atoms with E-state index in [0.29, 0.717) is 66.7 Å². The number of aromatic nitrogens is 15. The van der Waals surface area contributed by atoms with Crippen LogP contribution in [0.3, 0.4) is 0 Å². The zero-order valence-electron chi connectivity index (χ0n) is 81.6. The molecule has 0 N–H and O–H groups in total. The zero-order valence-corrected chi connectivity index (χ0v) is 96.0. The van der Waals surface area contributed by atoms with Gasteiger partial charge in [0.2, 0.25) is 0 Å². The maximum atomic E-state index is 13.2. The van der Waals surface area contributed by atoms with Crippen molar-refractivity contribution in [1.82, 2.24) is 74.3 Å². The molecule has 29 heteroatoms. The Balaban J connectivity index is 0.000000161. The van der Waals surface area contributed by atoms with Gasteiger partial charge in [-0.2, -0.15) is 5.21 Å². The fraction of sp³-hybridized carbons (Fsp3) is 0.108. The quantitative estimate of drug-likeness (QED) is 0.0850. The minimum atomic E-state index is -0.649. The molecule has 0 spiro atoms. The number of pyridine rings is 9. The van der Waals surface area contributed by atoms with Gasteiger partial charge < -0.3 is 57.1 Å². The topological polar surface area (TPSA) is 268 Å². The molecule has 0 saturated carbocycles. The standard InChI is InChI=1S/C28H27N2.C17H19N2.3C12H6NO2.C11H6F2N.2C11H8N.C6H4N5.6Ir/c1-18-9-8-10-19(2)26(18)25-17-29-27-22-12-7-6-11-21(22)23-15-20(16-28(3,4)5)13-14-24(23)30(25)27;1-11-12(2)19-10-15(17(3,4)5)13-8-6-7-9-14(13)16(19)18-11;3*14-12-9-5-3-7-13-11(9)8-4-1-2-6-10(8)15-12;12-8-4-5-9(10(13)7-8)11-3-1-2-6-14-11;2*1-2-6-10(7-3-1)11-8-4-5-9-12-11;1-2-4-7-5(3-1)6-8-10-11-9-6;;;;;;/h6-11,13-15,17H,16H2,1-5H3;6-8,10H,1-5H3;3*1-3,5-7H;1-4,6-7H;2*1-6,8-9H;1-4H;;;;;;/q9*-1;;;;;;. The number of halogens is 2. The van der Waals surface area contributed by atoms with Crippen molar-refractivity contribution in [1.29, 1.82) is 0 Å². The van der Waals surface area contributed by atoms with Gasteiger partial charge in [-0.25, -0.2) is 14.4 Å². The van der Waals surface area contributed by atoms with E-state index in [0.717, 1.165) is 90.7 Å². The van der Waals surface area contributed by atoms with Crippen LogP contribution in [0.1, 0.15) is 75.2 Å². The maximum Gasteiger partial charge on any atom is 0.327 e. The Morgan fingerprint density at radius 3 is 1.26 bits per heavy atom. The molecule has 10 aromatic carbocycles. The summed E-state index contributed by atoms with van der Waals surface area (Å²) >= 11 is 0. The van der Waals surface area contributed by atoms with Gasteiger partial charge in [0, 0.05) is 254 Å². The Morgan fingerprint density at radius 2 is 0.819 bits per heavy atom.